The number of phenols is 1. The first-order valence-corrected chi connectivity index (χ1v) is 12.3. The summed E-state index contributed by atoms with van der Waals surface area (Å²) in [5, 5.41) is 25.8. The van der Waals surface area contributed by atoms with Gasteiger partial charge in [-0.15, -0.1) is 0 Å². The summed E-state index contributed by atoms with van der Waals surface area (Å²) in [5.41, 5.74) is -0.619. The SMILES string of the molecule is O=C(N[C@@H]1CCOC1=O)C1C[C@@]2(O)[C@H]3Cc4ccc(O)c5c4[C@@]2(CCN3CC2CC2)[C@@H](O5)C1=O. The fourth-order valence-corrected chi connectivity index (χ4v) is 7.42. The first kappa shape index (κ1) is 20.7. The van der Waals surface area contributed by atoms with Gasteiger partial charge in [0.15, 0.2) is 23.4 Å². The van der Waals surface area contributed by atoms with Crippen LogP contribution in [-0.4, -0.2) is 76.3 Å². The molecule has 0 radical (unpaired) electrons. The predicted molar refractivity (Wildman–Crippen MR) is 116 cm³/mol. The summed E-state index contributed by atoms with van der Waals surface area (Å²) in [7, 11) is 0. The molecule has 9 nitrogen and oxygen atoms in total. The number of carbonyl (C=O) groups excluding carboxylic acids is 3. The van der Waals surface area contributed by atoms with Crippen LogP contribution in [0.1, 0.15) is 43.2 Å². The van der Waals surface area contributed by atoms with E-state index in [9.17, 15) is 24.6 Å². The fraction of sp³-hybridized carbons (Fsp3) is 0.640. The highest BCUT2D eigenvalue weighted by Gasteiger charge is 2.75. The lowest BCUT2D eigenvalue weighted by atomic mass is 9.47. The molecule has 4 fully saturated rings. The Hall–Kier alpha value is -2.65. The van der Waals surface area contributed by atoms with Crippen molar-refractivity contribution in [3.63, 3.8) is 0 Å². The van der Waals surface area contributed by atoms with Crippen LogP contribution in [-0.2, 0) is 31.0 Å². The third-order valence-corrected chi connectivity index (χ3v) is 9.20. The Morgan fingerprint density at radius 1 is 1.24 bits per heavy atom. The molecule has 1 amide bonds. The third-order valence-electron chi connectivity index (χ3n) is 9.20. The molecule has 3 aliphatic carbocycles. The van der Waals surface area contributed by atoms with Crippen LogP contribution in [0.4, 0.5) is 0 Å². The van der Waals surface area contributed by atoms with Gasteiger partial charge in [0, 0.05) is 24.6 Å². The standard InChI is InChI=1S/C25H28N2O7/c28-16-4-3-13-9-17-25(32)10-14(22(30)26-15-5-8-33-23(15)31)19(29)21-24(25,18(13)20(16)34-21)6-7-27(17)11-12-1-2-12/h3-4,12,14-15,17,21,28,32H,1-2,5-11H2,(H,26,30)/t14?,15-,17-,21+,24+,25-/m1/s1. The van der Waals surface area contributed by atoms with Crippen molar-refractivity contribution < 1.29 is 34.1 Å². The Balaban J connectivity index is 1.32. The minimum atomic E-state index is -1.37. The van der Waals surface area contributed by atoms with Crippen molar-refractivity contribution in [3.8, 4) is 11.5 Å². The number of likely N-dealkylation sites (tertiary alicyclic amines) is 1. The summed E-state index contributed by atoms with van der Waals surface area (Å²) in [6.45, 7) is 1.86. The van der Waals surface area contributed by atoms with E-state index in [1.165, 1.54) is 12.8 Å². The van der Waals surface area contributed by atoms with E-state index < -0.39 is 46.7 Å². The summed E-state index contributed by atoms with van der Waals surface area (Å²) >= 11 is 0. The zero-order valence-corrected chi connectivity index (χ0v) is 18.8. The van der Waals surface area contributed by atoms with Crippen LogP contribution in [0, 0.1) is 11.8 Å². The quantitative estimate of drug-likeness (QED) is 0.422. The molecule has 1 spiro atoms. The number of aliphatic hydroxyl groups is 1. The minimum Gasteiger partial charge on any atom is -0.504 e. The van der Waals surface area contributed by atoms with Crippen molar-refractivity contribution >= 4 is 17.7 Å². The number of hydrogen-bond acceptors (Lipinski definition) is 8. The average Bonchev–Trinajstić information content (AvgIpc) is 3.42. The number of carbonyl (C=O) groups is 3. The lowest BCUT2D eigenvalue weighted by Crippen LogP contribution is -2.78. The molecular formula is C25H28N2O7. The second-order valence-electron chi connectivity index (χ2n) is 10.9. The van der Waals surface area contributed by atoms with Crippen molar-refractivity contribution in [2.45, 2.75) is 67.7 Å². The maximum Gasteiger partial charge on any atom is 0.328 e. The number of phenolic OH excluding ortho intramolecular Hbond substituents is 1. The number of ketones is 1. The molecule has 1 aromatic carbocycles. The van der Waals surface area contributed by atoms with Crippen LogP contribution < -0.4 is 10.1 Å². The highest BCUT2D eigenvalue weighted by molar-refractivity contribution is 6.07. The Bertz CT molecular complexity index is 1130. The highest BCUT2D eigenvalue weighted by atomic mass is 16.5. The van der Waals surface area contributed by atoms with E-state index >= 15 is 0 Å². The second kappa shape index (κ2) is 6.73. The van der Waals surface area contributed by atoms with Gasteiger partial charge in [-0.25, -0.2) is 4.79 Å². The maximum absolute atomic E-state index is 13.8. The molecule has 180 valence electrons. The van der Waals surface area contributed by atoms with Crippen LogP contribution >= 0.6 is 0 Å². The van der Waals surface area contributed by atoms with Gasteiger partial charge >= 0.3 is 5.97 Å². The van der Waals surface area contributed by atoms with Crippen molar-refractivity contribution in [2.75, 3.05) is 19.7 Å². The first-order valence-electron chi connectivity index (χ1n) is 12.3. The van der Waals surface area contributed by atoms with Crippen LogP contribution in [0.2, 0.25) is 0 Å². The number of nitrogens with zero attached hydrogens (tertiary/aromatic N) is 1. The van der Waals surface area contributed by atoms with Gasteiger partial charge in [-0.05, 0) is 56.2 Å². The van der Waals surface area contributed by atoms with E-state index in [2.05, 4.69) is 10.2 Å². The molecular weight excluding hydrogens is 440 g/mol. The highest BCUT2D eigenvalue weighted by Crippen LogP contribution is 2.65. The molecule has 2 saturated carbocycles. The van der Waals surface area contributed by atoms with Crippen molar-refractivity contribution in [2.24, 2.45) is 11.8 Å². The number of nitrogens with one attached hydrogen (secondary N) is 1. The van der Waals surface area contributed by atoms with E-state index in [0.29, 0.717) is 25.2 Å². The number of rotatable bonds is 4. The molecule has 2 bridgehead atoms. The number of benzene rings is 1. The molecule has 3 heterocycles. The van der Waals surface area contributed by atoms with Gasteiger partial charge in [0.25, 0.3) is 0 Å². The van der Waals surface area contributed by atoms with E-state index in [1.54, 1.807) is 6.07 Å². The number of amides is 1. The van der Waals surface area contributed by atoms with Gasteiger partial charge in [0.1, 0.15) is 12.0 Å². The number of esters is 1. The smallest absolute Gasteiger partial charge is 0.328 e. The molecule has 3 aliphatic heterocycles. The van der Waals surface area contributed by atoms with Gasteiger partial charge in [0.2, 0.25) is 5.91 Å². The van der Waals surface area contributed by atoms with E-state index in [1.807, 2.05) is 6.07 Å². The van der Waals surface area contributed by atoms with Crippen LogP contribution in [0.15, 0.2) is 12.1 Å². The molecule has 6 atom stereocenters. The van der Waals surface area contributed by atoms with Gasteiger partial charge in [-0.3, -0.25) is 14.5 Å². The Labute approximate surface area is 196 Å². The van der Waals surface area contributed by atoms with Crippen molar-refractivity contribution in [1.29, 1.82) is 0 Å². The van der Waals surface area contributed by atoms with E-state index in [0.717, 1.165) is 24.2 Å². The molecule has 3 N–H and O–H groups in total. The normalized spacial score (nSPS) is 39.9. The molecule has 9 heteroatoms. The van der Waals surface area contributed by atoms with Gasteiger partial charge < -0.3 is 25.0 Å². The number of piperidine rings is 1. The van der Waals surface area contributed by atoms with Gasteiger partial charge in [-0.1, -0.05) is 6.07 Å². The lowest BCUT2D eigenvalue weighted by Gasteiger charge is -2.63. The van der Waals surface area contributed by atoms with Gasteiger partial charge in [-0.2, -0.15) is 0 Å². The average molecular weight is 469 g/mol. The number of aromatic hydroxyl groups is 1. The summed E-state index contributed by atoms with van der Waals surface area (Å²) in [5.74, 6) is -1.77. The van der Waals surface area contributed by atoms with Crippen molar-refractivity contribution in [3.05, 3.63) is 23.3 Å². The molecule has 1 aromatic rings. The first-order chi connectivity index (χ1) is 16.3. The second-order valence-corrected chi connectivity index (χ2v) is 10.9. The lowest BCUT2D eigenvalue weighted by molar-refractivity contribution is -0.198. The fourth-order valence-electron chi connectivity index (χ4n) is 7.42. The van der Waals surface area contributed by atoms with E-state index in [4.69, 9.17) is 9.47 Å². The number of cyclic esters (lactones) is 1. The molecule has 2 saturated heterocycles. The zero-order chi connectivity index (χ0) is 23.4. The number of Topliss-reactive ketones (excluding diaryl/α,β-unsaturated/α-hetero) is 1. The molecule has 34 heavy (non-hydrogen) atoms. The molecule has 1 unspecified atom stereocenters. The molecule has 6 aliphatic rings. The zero-order valence-electron chi connectivity index (χ0n) is 18.8. The predicted octanol–water partition coefficient (Wildman–Crippen LogP) is 0.183. The minimum absolute atomic E-state index is 0.0281. The van der Waals surface area contributed by atoms with Crippen LogP contribution in [0.5, 0.6) is 11.5 Å². The van der Waals surface area contributed by atoms with Crippen LogP contribution in [0.3, 0.4) is 0 Å². The Kier molecular flexibility index (Phi) is 4.09. The monoisotopic (exact) mass is 468 g/mol. The van der Waals surface area contributed by atoms with Crippen molar-refractivity contribution in [1.82, 2.24) is 10.2 Å². The summed E-state index contributed by atoms with van der Waals surface area (Å²) in [6.07, 6.45) is 2.75. The third kappa shape index (κ3) is 2.49. The largest absolute Gasteiger partial charge is 0.504 e. The van der Waals surface area contributed by atoms with Gasteiger partial charge in [0.05, 0.1) is 17.6 Å². The number of hydrogen-bond donors (Lipinski definition) is 3. The topological polar surface area (TPSA) is 125 Å². The molecule has 7 rings (SSSR count). The van der Waals surface area contributed by atoms with E-state index in [-0.39, 0.29) is 30.6 Å². The number of ether oxygens (including phenoxy) is 2. The van der Waals surface area contributed by atoms with Crippen LogP contribution in [0.25, 0.3) is 0 Å². The summed E-state index contributed by atoms with van der Waals surface area (Å²) in [4.78, 5) is 41.3. The Morgan fingerprint density at radius 2 is 2.06 bits per heavy atom. The summed E-state index contributed by atoms with van der Waals surface area (Å²) in [6, 6.07) is 2.44. The maximum atomic E-state index is 13.8. The Morgan fingerprint density at radius 3 is 2.79 bits per heavy atom. The molecule has 0 aromatic heterocycles. The summed E-state index contributed by atoms with van der Waals surface area (Å²) < 4.78 is 11.1.